The maximum atomic E-state index is 13.1. The van der Waals surface area contributed by atoms with Crippen molar-refractivity contribution in [2.45, 2.75) is 51.5 Å². The Kier molecular flexibility index (Phi) is 4.14. The molecule has 0 spiro atoms. The van der Waals surface area contributed by atoms with E-state index >= 15 is 0 Å². The van der Waals surface area contributed by atoms with E-state index in [0.29, 0.717) is 6.42 Å². The minimum absolute atomic E-state index is 0.00688. The third kappa shape index (κ3) is 2.75. The van der Waals surface area contributed by atoms with E-state index in [4.69, 9.17) is 0 Å². The lowest BCUT2D eigenvalue weighted by Crippen LogP contribution is -2.25. The van der Waals surface area contributed by atoms with E-state index in [1.54, 1.807) is 40.8 Å². The Morgan fingerprint density at radius 1 is 1.21 bits per heavy atom. The highest BCUT2D eigenvalue weighted by Crippen LogP contribution is 2.32. The van der Waals surface area contributed by atoms with E-state index in [1.165, 1.54) is 29.7 Å². The van der Waals surface area contributed by atoms with Gasteiger partial charge >= 0.3 is 0 Å². The largest absolute Gasteiger partial charge is 0.295 e. The first-order valence-corrected chi connectivity index (χ1v) is 9.32. The summed E-state index contributed by atoms with van der Waals surface area (Å²) >= 11 is 1.70. The molecule has 0 fully saturated rings. The van der Waals surface area contributed by atoms with Crippen LogP contribution in [-0.2, 0) is 19.3 Å². The minimum Gasteiger partial charge on any atom is -0.295 e. The van der Waals surface area contributed by atoms with Gasteiger partial charge in [0.25, 0.3) is 5.56 Å². The summed E-state index contributed by atoms with van der Waals surface area (Å²) in [4.78, 5) is 28.4. The summed E-state index contributed by atoms with van der Waals surface area (Å²) in [5.74, 6) is 0. The van der Waals surface area contributed by atoms with Gasteiger partial charge < -0.3 is 0 Å². The topological polar surface area (TPSA) is 60.7 Å². The monoisotopic (exact) mass is 340 g/mol. The van der Waals surface area contributed by atoms with Crippen molar-refractivity contribution in [2.24, 2.45) is 0 Å². The van der Waals surface area contributed by atoms with Crippen molar-refractivity contribution in [3.05, 3.63) is 51.4 Å². The number of fused-ring (bicyclic) bond motifs is 3. The van der Waals surface area contributed by atoms with Crippen LogP contribution in [0.1, 0.15) is 48.4 Å². The number of aryl methyl sites for hydroxylation is 2. The lowest BCUT2D eigenvalue weighted by atomic mass is 10.1. The van der Waals surface area contributed by atoms with Crippen molar-refractivity contribution in [1.82, 2.24) is 19.5 Å². The van der Waals surface area contributed by atoms with Crippen molar-refractivity contribution >= 4 is 21.6 Å². The standard InChI is InChI=1S/C18H20N4OS/c1-12(9-13-10-19-7-8-20-13)22-11-21-17-16(18(22)23)14-5-3-2-4-6-15(14)24-17/h7-8,10-12H,2-6,9H2,1H3/t12-/m1/s1. The average molecular weight is 340 g/mol. The van der Waals surface area contributed by atoms with E-state index in [9.17, 15) is 4.79 Å². The molecule has 1 atom stereocenters. The normalized spacial score (nSPS) is 15.9. The Morgan fingerprint density at radius 2 is 2.08 bits per heavy atom. The number of aromatic nitrogens is 4. The van der Waals surface area contributed by atoms with Gasteiger partial charge in [0.05, 0.1) is 17.4 Å². The van der Waals surface area contributed by atoms with Gasteiger partial charge in [-0.25, -0.2) is 4.98 Å². The molecule has 24 heavy (non-hydrogen) atoms. The van der Waals surface area contributed by atoms with Gasteiger partial charge in [-0.05, 0) is 38.2 Å². The third-order valence-corrected chi connectivity index (χ3v) is 5.95. The SMILES string of the molecule is C[C@H](Cc1cnccn1)n1cnc2sc3c(c2c1=O)CCCCC3. The molecule has 0 saturated heterocycles. The van der Waals surface area contributed by atoms with Crippen LogP contribution in [0.15, 0.2) is 29.7 Å². The second kappa shape index (κ2) is 6.43. The molecule has 0 radical (unpaired) electrons. The summed E-state index contributed by atoms with van der Waals surface area (Å²) in [6.45, 7) is 2.04. The van der Waals surface area contributed by atoms with Crippen molar-refractivity contribution in [3.63, 3.8) is 0 Å². The van der Waals surface area contributed by atoms with Crippen LogP contribution in [0.25, 0.3) is 10.2 Å². The average Bonchev–Trinajstić information content (AvgIpc) is 2.79. The van der Waals surface area contributed by atoms with Crippen molar-refractivity contribution in [1.29, 1.82) is 0 Å². The molecule has 0 bridgehead atoms. The molecule has 0 aromatic carbocycles. The highest BCUT2D eigenvalue weighted by atomic mass is 32.1. The maximum Gasteiger partial charge on any atom is 0.262 e. The zero-order valence-electron chi connectivity index (χ0n) is 13.7. The van der Waals surface area contributed by atoms with Crippen LogP contribution in [0, 0.1) is 0 Å². The molecule has 0 amide bonds. The molecule has 0 saturated carbocycles. The molecule has 6 heteroatoms. The highest BCUT2D eigenvalue weighted by Gasteiger charge is 2.20. The Bertz CT molecular complexity index is 916. The fourth-order valence-electron chi connectivity index (χ4n) is 3.49. The van der Waals surface area contributed by atoms with Crippen molar-refractivity contribution < 1.29 is 0 Å². The number of hydrogen-bond acceptors (Lipinski definition) is 5. The van der Waals surface area contributed by atoms with Crippen LogP contribution in [0.2, 0.25) is 0 Å². The zero-order chi connectivity index (χ0) is 16.5. The van der Waals surface area contributed by atoms with Crippen molar-refractivity contribution in [3.8, 4) is 0 Å². The fourth-order valence-corrected chi connectivity index (χ4v) is 4.71. The van der Waals surface area contributed by atoms with Gasteiger partial charge in [-0.2, -0.15) is 0 Å². The molecule has 0 unspecified atom stereocenters. The number of nitrogens with zero attached hydrogens (tertiary/aromatic N) is 4. The summed E-state index contributed by atoms with van der Waals surface area (Å²) in [5, 5.41) is 0.852. The third-order valence-electron chi connectivity index (χ3n) is 4.75. The summed E-state index contributed by atoms with van der Waals surface area (Å²) in [7, 11) is 0. The second-order valence-corrected chi connectivity index (χ2v) is 7.54. The van der Waals surface area contributed by atoms with E-state index in [2.05, 4.69) is 15.0 Å². The molecule has 1 aliphatic carbocycles. The molecular formula is C18H20N4OS. The molecule has 3 aromatic rings. The van der Waals surface area contributed by atoms with Gasteiger partial charge in [0.15, 0.2) is 0 Å². The van der Waals surface area contributed by atoms with E-state index < -0.39 is 0 Å². The quantitative estimate of drug-likeness (QED) is 0.686. The van der Waals surface area contributed by atoms with E-state index in [-0.39, 0.29) is 11.6 Å². The van der Waals surface area contributed by atoms with Crippen LogP contribution in [0.3, 0.4) is 0 Å². The van der Waals surface area contributed by atoms with E-state index in [0.717, 1.165) is 28.8 Å². The lowest BCUT2D eigenvalue weighted by molar-refractivity contribution is 0.517. The predicted octanol–water partition coefficient (Wildman–Crippen LogP) is 3.32. The second-order valence-electron chi connectivity index (χ2n) is 6.45. The Balaban J connectivity index is 1.75. The fraction of sp³-hybridized carbons (Fsp3) is 0.444. The van der Waals surface area contributed by atoms with Crippen molar-refractivity contribution in [2.75, 3.05) is 0 Å². The van der Waals surface area contributed by atoms with Crippen LogP contribution in [0.5, 0.6) is 0 Å². The molecule has 0 N–H and O–H groups in total. The van der Waals surface area contributed by atoms with Crippen LogP contribution in [0.4, 0.5) is 0 Å². The first-order valence-electron chi connectivity index (χ1n) is 8.50. The zero-order valence-corrected chi connectivity index (χ0v) is 14.6. The molecule has 3 aromatic heterocycles. The van der Waals surface area contributed by atoms with Gasteiger partial charge in [0.2, 0.25) is 0 Å². The first-order chi connectivity index (χ1) is 11.7. The van der Waals surface area contributed by atoms with Crippen LogP contribution >= 0.6 is 11.3 Å². The molecule has 1 aliphatic rings. The Morgan fingerprint density at radius 3 is 2.92 bits per heavy atom. The van der Waals surface area contributed by atoms with E-state index in [1.807, 2.05) is 6.92 Å². The highest BCUT2D eigenvalue weighted by molar-refractivity contribution is 7.18. The number of rotatable bonds is 3. The van der Waals surface area contributed by atoms with Crippen LogP contribution < -0.4 is 5.56 Å². The van der Waals surface area contributed by atoms with Gasteiger partial charge in [0, 0.05) is 35.9 Å². The molecule has 5 nitrogen and oxygen atoms in total. The smallest absolute Gasteiger partial charge is 0.262 e. The Labute approximate surface area is 144 Å². The molecule has 4 rings (SSSR count). The maximum absolute atomic E-state index is 13.1. The van der Waals surface area contributed by atoms with Gasteiger partial charge in [0.1, 0.15) is 4.83 Å². The summed E-state index contributed by atoms with van der Waals surface area (Å²) in [6.07, 6.45) is 13.2. The Hall–Kier alpha value is -2.08. The summed E-state index contributed by atoms with van der Waals surface area (Å²) < 4.78 is 1.76. The molecular weight excluding hydrogens is 320 g/mol. The van der Waals surface area contributed by atoms with Crippen LogP contribution in [-0.4, -0.2) is 19.5 Å². The van der Waals surface area contributed by atoms with Gasteiger partial charge in [-0.3, -0.25) is 19.3 Å². The lowest BCUT2D eigenvalue weighted by Gasteiger charge is -2.14. The van der Waals surface area contributed by atoms with Gasteiger partial charge in [-0.15, -0.1) is 11.3 Å². The number of thiophene rings is 1. The summed E-state index contributed by atoms with van der Waals surface area (Å²) in [6, 6.07) is 0.00688. The molecule has 124 valence electrons. The minimum atomic E-state index is 0.00688. The predicted molar refractivity (Wildman–Crippen MR) is 95.6 cm³/mol. The van der Waals surface area contributed by atoms with Gasteiger partial charge in [-0.1, -0.05) is 6.42 Å². The summed E-state index contributed by atoms with van der Waals surface area (Å²) in [5.41, 5.74) is 2.24. The number of hydrogen-bond donors (Lipinski definition) is 0. The molecule has 3 heterocycles. The molecule has 0 aliphatic heterocycles. The first kappa shape index (κ1) is 15.4.